The first kappa shape index (κ1) is 16.1. The largest absolute Gasteiger partial charge is 0.497 e. The summed E-state index contributed by atoms with van der Waals surface area (Å²) in [6.07, 6.45) is 0.706. The molecule has 19 heavy (non-hydrogen) atoms. The lowest BCUT2D eigenvalue weighted by Crippen LogP contribution is -2.18. The second-order valence-electron chi connectivity index (χ2n) is 3.88. The normalized spacial score (nSPS) is 10.9. The van der Waals surface area contributed by atoms with Gasteiger partial charge in [-0.1, -0.05) is 0 Å². The van der Waals surface area contributed by atoms with Gasteiger partial charge in [0, 0.05) is 36.0 Å². The molecule has 0 atom stereocenters. The number of ether oxygens (including phenoxy) is 3. The maximum Gasteiger partial charge on any atom is 0.158 e. The van der Waals surface area contributed by atoms with Crippen LogP contribution in [-0.2, 0) is 9.47 Å². The van der Waals surface area contributed by atoms with Gasteiger partial charge in [0.15, 0.2) is 6.29 Å². The molecule has 0 aromatic heterocycles. The quantitative estimate of drug-likeness (QED) is 0.429. The van der Waals surface area contributed by atoms with Gasteiger partial charge in [-0.05, 0) is 32.0 Å². The van der Waals surface area contributed by atoms with Gasteiger partial charge in [0.2, 0.25) is 0 Å². The molecule has 0 radical (unpaired) electrons. The molecule has 0 aliphatic heterocycles. The van der Waals surface area contributed by atoms with E-state index in [1.54, 1.807) is 18.9 Å². The van der Waals surface area contributed by atoms with Gasteiger partial charge in [0.05, 0.1) is 7.11 Å². The number of methoxy groups -OCH3 is 1. The smallest absolute Gasteiger partial charge is 0.158 e. The summed E-state index contributed by atoms with van der Waals surface area (Å²) in [4.78, 5) is 1.03. The van der Waals surface area contributed by atoms with Gasteiger partial charge < -0.3 is 19.9 Å². The Morgan fingerprint density at radius 1 is 1.21 bits per heavy atom. The molecule has 0 spiro atoms. The van der Waals surface area contributed by atoms with Crippen molar-refractivity contribution in [2.45, 2.75) is 31.5 Å². The van der Waals surface area contributed by atoms with E-state index in [1.807, 2.05) is 32.0 Å². The second kappa shape index (κ2) is 9.07. The molecule has 1 aromatic carbocycles. The van der Waals surface area contributed by atoms with Crippen molar-refractivity contribution in [1.29, 1.82) is 0 Å². The topological polar surface area (TPSA) is 53.7 Å². The highest BCUT2D eigenvalue weighted by Gasteiger charge is 2.09. The maximum atomic E-state index is 5.94. The maximum absolute atomic E-state index is 5.94. The van der Waals surface area contributed by atoms with E-state index in [0.29, 0.717) is 13.2 Å². The zero-order valence-electron chi connectivity index (χ0n) is 11.8. The van der Waals surface area contributed by atoms with E-state index in [1.165, 1.54) is 0 Å². The monoisotopic (exact) mass is 285 g/mol. The van der Waals surface area contributed by atoms with Gasteiger partial charge >= 0.3 is 0 Å². The Kier molecular flexibility index (Phi) is 7.70. The van der Waals surface area contributed by atoms with E-state index in [2.05, 4.69) is 0 Å². The molecule has 1 rings (SSSR count). The zero-order chi connectivity index (χ0) is 14.1. The van der Waals surface area contributed by atoms with Crippen LogP contribution < -0.4 is 10.5 Å². The lowest BCUT2D eigenvalue weighted by Gasteiger charge is -2.16. The molecule has 0 fully saturated rings. The predicted octanol–water partition coefficient (Wildman–Crippen LogP) is 3.16. The van der Waals surface area contributed by atoms with E-state index in [9.17, 15) is 0 Å². The summed E-state index contributed by atoms with van der Waals surface area (Å²) in [7, 11) is 1.65. The average molecular weight is 285 g/mol. The number of benzene rings is 1. The highest BCUT2D eigenvalue weighted by atomic mass is 32.2. The van der Waals surface area contributed by atoms with E-state index in [4.69, 9.17) is 19.9 Å². The van der Waals surface area contributed by atoms with Crippen LogP contribution in [0.15, 0.2) is 23.1 Å². The summed E-state index contributed by atoms with van der Waals surface area (Å²) in [5, 5.41) is 0. The molecule has 0 unspecified atom stereocenters. The fourth-order valence-corrected chi connectivity index (χ4v) is 2.58. The number of hydrogen-bond acceptors (Lipinski definition) is 5. The van der Waals surface area contributed by atoms with Crippen LogP contribution in [-0.4, -0.2) is 32.4 Å². The minimum atomic E-state index is -0.130. The molecule has 5 heteroatoms. The predicted molar refractivity (Wildman–Crippen MR) is 79.8 cm³/mol. The van der Waals surface area contributed by atoms with Crippen molar-refractivity contribution in [2.75, 3.05) is 31.8 Å². The molecule has 1 aromatic rings. The molecule has 2 N–H and O–H groups in total. The van der Waals surface area contributed by atoms with Crippen molar-refractivity contribution in [3.63, 3.8) is 0 Å². The second-order valence-corrected chi connectivity index (χ2v) is 5.02. The first-order chi connectivity index (χ1) is 9.21. The molecule has 0 aliphatic carbocycles. The van der Waals surface area contributed by atoms with E-state index in [-0.39, 0.29) is 6.29 Å². The fourth-order valence-electron chi connectivity index (χ4n) is 1.62. The lowest BCUT2D eigenvalue weighted by molar-refractivity contribution is -0.136. The van der Waals surface area contributed by atoms with Gasteiger partial charge in [-0.25, -0.2) is 0 Å². The Labute approximate surface area is 119 Å². The molecular formula is C14H23NO3S. The van der Waals surface area contributed by atoms with Crippen LogP contribution >= 0.6 is 11.8 Å². The Hall–Kier alpha value is -0.910. The summed E-state index contributed by atoms with van der Waals surface area (Å²) in [5.74, 6) is 1.71. The van der Waals surface area contributed by atoms with E-state index < -0.39 is 0 Å². The molecule has 4 nitrogen and oxygen atoms in total. The highest BCUT2D eigenvalue weighted by Crippen LogP contribution is 2.29. The van der Waals surface area contributed by atoms with Crippen molar-refractivity contribution in [1.82, 2.24) is 0 Å². The van der Waals surface area contributed by atoms with Crippen LogP contribution in [0.3, 0.4) is 0 Å². The molecule has 108 valence electrons. The molecule has 0 amide bonds. The Balaban J connectivity index is 2.47. The average Bonchev–Trinajstić information content (AvgIpc) is 2.41. The molecule has 0 saturated heterocycles. The molecule has 0 heterocycles. The minimum Gasteiger partial charge on any atom is -0.497 e. The van der Waals surface area contributed by atoms with Crippen molar-refractivity contribution in [2.24, 2.45) is 0 Å². The number of hydrogen-bond donors (Lipinski definition) is 1. The van der Waals surface area contributed by atoms with Crippen molar-refractivity contribution in [3.8, 4) is 5.75 Å². The van der Waals surface area contributed by atoms with Gasteiger partial charge in [0.1, 0.15) is 5.75 Å². The van der Waals surface area contributed by atoms with Gasteiger partial charge in [0.25, 0.3) is 0 Å². The van der Waals surface area contributed by atoms with Gasteiger partial charge in [-0.15, -0.1) is 11.8 Å². The van der Waals surface area contributed by atoms with Crippen molar-refractivity contribution < 1.29 is 14.2 Å². The Bertz CT molecular complexity index is 368. The Morgan fingerprint density at radius 3 is 2.47 bits per heavy atom. The summed E-state index contributed by atoms with van der Waals surface area (Å²) in [5.41, 5.74) is 6.71. The number of nitrogen functional groups attached to an aromatic ring is 1. The first-order valence-corrected chi connectivity index (χ1v) is 7.49. The number of thioether (sulfide) groups is 1. The third-order valence-electron chi connectivity index (χ3n) is 2.54. The third kappa shape index (κ3) is 5.72. The zero-order valence-corrected chi connectivity index (χ0v) is 12.7. The summed E-state index contributed by atoms with van der Waals surface area (Å²) in [6, 6.07) is 5.68. The first-order valence-electron chi connectivity index (χ1n) is 6.50. The Morgan fingerprint density at radius 2 is 1.89 bits per heavy atom. The van der Waals surface area contributed by atoms with Crippen LogP contribution in [0.5, 0.6) is 5.75 Å². The van der Waals surface area contributed by atoms with Crippen molar-refractivity contribution in [3.05, 3.63) is 18.2 Å². The fraction of sp³-hybridized carbons (Fsp3) is 0.571. The van der Waals surface area contributed by atoms with Crippen LogP contribution in [0, 0.1) is 0 Å². The van der Waals surface area contributed by atoms with Gasteiger partial charge in [-0.3, -0.25) is 0 Å². The number of rotatable bonds is 9. The number of nitrogens with two attached hydrogens (primary N) is 1. The standard InChI is InChI=1S/C14H23NO3S/c1-4-17-14(18-5-2)8-9-19-13-10-11(16-3)6-7-12(13)15/h6-7,10,14H,4-5,8-9,15H2,1-3H3. The van der Waals surface area contributed by atoms with E-state index in [0.717, 1.165) is 28.5 Å². The molecular weight excluding hydrogens is 262 g/mol. The van der Waals surface area contributed by atoms with Crippen molar-refractivity contribution >= 4 is 17.4 Å². The van der Waals surface area contributed by atoms with Crippen LogP contribution in [0.1, 0.15) is 20.3 Å². The summed E-state index contributed by atoms with van der Waals surface area (Å²) in [6.45, 7) is 5.27. The van der Waals surface area contributed by atoms with Crippen LogP contribution in [0.25, 0.3) is 0 Å². The lowest BCUT2D eigenvalue weighted by atomic mass is 10.3. The van der Waals surface area contributed by atoms with Crippen LogP contribution in [0.4, 0.5) is 5.69 Å². The molecule has 0 aliphatic rings. The SMILES string of the molecule is CCOC(CCSc1cc(OC)ccc1N)OCC. The minimum absolute atomic E-state index is 0.130. The molecule has 0 saturated carbocycles. The highest BCUT2D eigenvalue weighted by molar-refractivity contribution is 7.99. The molecule has 0 bridgehead atoms. The van der Waals surface area contributed by atoms with E-state index >= 15 is 0 Å². The number of anilines is 1. The summed E-state index contributed by atoms with van der Waals surface area (Å²) >= 11 is 1.69. The third-order valence-corrected chi connectivity index (χ3v) is 3.64. The summed E-state index contributed by atoms with van der Waals surface area (Å²) < 4.78 is 16.2. The van der Waals surface area contributed by atoms with Crippen LogP contribution in [0.2, 0.25) is 0 Å². The van der Waals surface area contributed by atoms with Gasteiger partial charge in [-0.2, -0.15) is 0 Å².